The molecule has 2 aliphatic heterocycles. The first-order valence-electron chi connectivity index (χ1n) is 8.88. The van der Waals surface area contributed by atoms with Crippen molar-refractivity contribution in [3.05, 3.63) is 0 Å². The van der Waals surface area contributed by atoms with Crippen molar-refractivity contribution in [1.29, 1.82) is 0 Å². The van der Waals surface area contributed by atoms with Crippen LogP contribution in [0.25, 0.3) is 0 Å². The van der Waals surface area contributed by atoms with E-state index in [1.807, 2.05) is 6.92 Å². The van der Waals surface area contributed by atoms with Crippen LogP contribution in [-0.4, -0.2) is 105 Å². The van der Waals surface area contributed by atoms with Gasteiger partial charge in [0.25, 0.3) is 0 Å². The van der Waals surface area contributed by atoms with Gasteiger partial charge in [-0.2, -0.15) is 0 Å². The minimum Gasteiger partial charge on any atom is -0.388 e. The SMILES string of the molecule is CCC[C@H](C)O[C@@H]1O[C@H](CO[C@@H]2OC[C@@H](O)[C@H](O)[C@H]2O)[C@@H](O)[C@H](O)[C@H]1O. The summed E-state index contributed by atoms with van der Waals surface area (Å²) in [7, 11) is 0. The van der Waals surface area contributed by atoms with Crippen LogP contribution < -0.4 is 0 Å². The van der Waals surface area contributed by atoms with Crippen LogP contribution in [0.4, 0.5) is 0 Å². The molecule has 0 unspecified atom stereocenters. The lowest BCUT2D eigenvalue weighted by atomic mass is 9.99. The molecular formula is C16H30O10. The van der Waals surface area contributed by atoms with Gasteiger partial charge in [0.1, 0.15) is 42.7 Å². The molecule has 2 saturated heterocycles. The fourth-order valence-corrected chi connectivity index (χ4v) is 2.99. The van der Waals surface area contributed by atoms with Crippen LogP contribution in [0, 0.1) is 0 Å². The van der Waals surface area contributed by atoms with Crippen molar-refractivity contribution in [1.82, 2.24) is 0 Å². The molecule has 10 heteroatoms. The average Bonchev–Trinajstić information content (AvgIpc) is 2.60. The third-order valence-electron chi connectivity index (χ3n) is 4.61. The van der Waals surface area contributed by atoms with E-state index in [0.29, 0.717) is 0 Å². The number of aliphatic hydroxyl groups excluding tert-OH is 6. The van der Waals surface area contributed by atoms with E-state index in [9.17, 15) is 30.6 Å². The fraction of sp³-hybridized carbons (Fsp3) is 1.00. The highest BCUT2D eigenvalue weighted by Crippen LogP contribution is 2.25. The van der Waals surface area contributed by atoms with Crippen molar-refractivity contribution < 1.29 is 49.6 Å². The van der Waals surface area contributed by atoms with Gasteiger partial charge in [-0.25, -0.2) is 0 Å². The Morgan fingerprint density at radius 1 is 0.923 bits per heavy atom. The fourth-order valence-electron chi connectivity index (χ4n) is 2.99. The first-order chi connectivity index (χ1) is 12.3. The van der Waals surface area contributed by atoms with E-state index in [1.54, 1.807) is 6.92 Å². The molecule has 154 valence electrons. The summed E-state index contributed by atoms with van der Waals surface area (Å²) in [5.74, 6) is 0. The molecule has 6 N–H and O–H groups in total. The Hall–Kier alpha value is -0.400. The van der Waals surface area contributed by atoms with Crippen LogP contribution in [0.5, 0.6) is 0 Å². The highest BCUT2D eigenvalue weighted by Gasteiger charge is 2.46. The number of hydrogen-bond donors (Lipinski definition) is 6. The molecule has 10 atom stereocenters. The van der Waals surface area contributed by atoms with Gasteiger partial charge in [-0.05, 0) is 13.3 Å². The van der Waals surface area contributed by atoms with Gasteiger partial charge in [0.2, 0.25) is 0 Å². The van der Waals surface area contributed by atoms with Gasteiger partial charge in [-0.1, -0.05) is 13.3 Å². The number of aliphatic hydroxyl groups is 6. The van der Waals surface area contributed by atoms with Crippen LogP contribution in [-0.2, 0) is 18.9 Å². The molecule has 10 nitrogen and oxygen atoms in total. The van der Waals surface area contributed by atoms with Gasteiger partial charge >= 0.3 is 0 Å². The van der Waals surface area contributed by atoms with Crippen LogP contribution in [0.15, 0.2) is 0 Å². The van der Waals surface area contributed by atoms with E-state index in [1.165, 1.54) is 0 Å². The third-order valence-corrected chi connectivity index (χ3v) is 4.61. The first-order valence-corrected chi connectivity index (χ1v) is 8.88. The second-order valence-electron chi connectivity index (χ2n) is 6.83. The van der Waals surface area contributed by atoms with Crippen molar-refractivity contribution in [2.75, 3.05) is 13.2 Å². The summed E-state index contributed by atoms with van der Waals surface area (Å²) in [6.45, 7) is 3.27. The molecule has 0 aliphatic carbocycles. The lowest BCUT2D eigenvalue weighted by molar-refractivity contribution is -0.326. The van der Waals surface area contributed by atoms with E-state index in [0.717, 1.165) is 12.8 Å². The van der Waals surface area contributed by atoms with Crippen molar-refractivity contribution in [2.24, 2.45) is 0 Å². The molecule has 0 bridgehead atoms. The Labute approximate surface area is 151 Å². The Kier molecular flexibility index (Phi) is 8.16. The molecule has 0 aromatic heterocycles. The number of hydrogen-bond acceptors (Lipinski definition) is 10. The van der Waals surface area contributed by atoms with E-state index in [4.69, 9.17) is 18.9 Å². The topological polar surface area (TPSA) is 158 Å². The number of ether oxygens (including phenoxy) is 4. The summed E-state index contributed by atoms with van der Waals surface area (Å²) in [5.41, 5.74) is 0. The normalized spacial score (nSPS) is 45.5. The summed E-state index contributed by atoms with van der Waals surface area (Å²) in [4.78, 5) is 0. The summed E-state index contributed by atoms with van der Waals surface area (Å²) < 4.78 is 21.5. The summed E-state index contributed by atoms with van der Waals surface area (Å²) in [6, 6.07) is 0. The van der Waals surface area contributed by atoms with E-state index >= 15 is 0 Å². The van der Waals surface area contributed by atoms with Crippen LogP contribution in [0.3, 0.4) is 0 Å². The van der Waals surface area contributed by atoms with Crippen molar-refractivity contribution in [3.8, 4) is 0 Å². The Bertz CT molecular complexity index is 424. The molecule has 2 aliphatic rings. The molecule has 26 heavy (non-hydrogen) atoms. The second-order valence-corrected chi connectivity index (χ2v) is 6.83. The van der Waals surface area contributed by atoms with Crippen molar-refractivity contribution >= 4 is 0 Å². The highest BCUT2D eigenvalue weighted by atomic mass is 16.7. The van der Waals surface area contributed by atoms with Gasteiger partial charge in [-0.15, -0.1) is 0 Å². The predicted molar refractivity (Wildman–Crippen MR) is 85.8 cm³/mol. The van der Waals surface area contributed by atoms with Gasteiger partial charge in [0.15, 0.2) is 12.6 Å². The third kappa shape index (κ3) is 5.10. The molecule has 0 aromatic carbocycles. The Morgan fingerprint density at radius 2 is 1.58 bits per heavy atom. The standard InChI is InChI=1S/C16H30O10/c1-3-4-7(2)25-16-14(22)12(20)11(19)9(26-16)6-24-15-13(21)10(18)8(17)5-23-15/h7-22H,3-6H2,1-2H3/t7-,8+,9+,10-,11+,12-,13+,14+,15-,16+/m0/s1. The maximum Gasteiger partial charge on any atom is 0.186 e. The zero-order valence-corrected chi connectivity index (χ0v) is 14.9. The Morgan fingerprint density at radius 3 is 2.23 bits per heavy atom. The molecule has 0 spiro atoms. The quantitative estimate of drug-likeness (QED) is 0.277. The molecular weight excluding hydrogens is 352 g/mol. The zero-order chi connectivity index (χ0) is 19.4. The summed E-state index contributed by atoms with van der Waals surface area (Å²) >= 11 is 0. The predicted octanol–water partition coefficient (Wildman–Crippen LogP) is -2.55. The highest BCUT2D eigenvalue weighted by molar-refractivity contribution is 4.90. The van der Waals surface area contributed by atoms with Crippen LogP contribution >= 0.6 is 0 Å². The minimum absolute atomic E-state index is 0.219. The van der Waals surface area contributed by atoms with Gasteiger partial charge < -0.3 is 49.6 Å². The smallest absolute Gasteiger partial charge is 0.186 e. The number of rotatable bonds is 7. The maximum absolute atomic E-state index is 10.1. The maximum atomic E-state index is 10.1. The average molecular weight is 382 g/mol. The summed E-state index contributed by atoms with van der Waals surface area (Å²) in [6.07, 6.45) is -10.5. The zero-order valence-electron chi connectivity index (χ0n) is 14.9. The van der Waals surface area contributed by atoms with Gasteiger partial charge in [0.05, 0.1) is 19.3 Å². The van der Waals surface area contributed by atoms with E-state index in [-0.39, 0.29) is 19.3 Å². The van der Waals surface area contributed by atoms with Crippen LogP contribution in [0.2, 0.25) is 0 Å². The van der Waals surface area contributed by atoms with Gasteiger partial charge in [0, 0.05) is 0 Å². The van der Waals surface area contributed by atoms with Gasteiger partial charge in [-0.3, -0.25) is 0 Å². The molecule has 0 radical (unpaired) electrons. The molecule has 2 heterocycles. The minimum atomic E-state index is -1.50. The molecule has 0 amide bonds. The monoisotopic (exact) mass is 382 g/mol. The van der Waals surface area contributed by atoms with Crippen molar-refractivity contribution in [3.63, 3.8) is 0 Å². The Balaban J connectivity index is 1.92. The lowest BCUT2D eigenvalue weighted by Gasteiger charge is -2.42. The van der Waals surface area contributed by atoms with E-state index < -0.39 is 55.3 Å². The molecule has 0 saturated carbocycles. The second kappa shape index (κ2) is 9.69. The molecule has 2 rings (SSSR count). The molecule has 2 fully saturated rings. The van der Waals surface area contributed by atoms with E-state index in [2.05, 4.69) is 0 Å². The summed E-state index contributed by atoms with van der Waals surface area (Å²) in [5, 5.41) is 59.1. The first kappa shape index (κ1) is 21.9. The van der Waals surface area contributed by atoms with Crippen molar-refractivity contribution in [2.45, 2.75) is 88.1 Å². The molecule has 0 aromatic rings. The van der Waals surface area contributed by atoms with Crippen LogP contribution in [0.1, 0.15) is 26.7 Å². The lowest BCUT2D eigenvalue weighted by Crippen LogP contribution is -2.60. The largest absolute Gasteiger partial charge is 0.388 e.